The number of unbranched alkanes of at least 4 members (excludes halogenated alkanes) is 3. The molecule has 1 N–H and O–H groups in total. The number of carbonyl (C=O) groups is 3. The number of rotatable bonds is 16. The number of likely N-dealkylation sites (tertiary alicyclic amines) is 1. The molecule has 44 heavy (non-hydrogen) atoms. The Morgan fingerprint density at radius 2 is 1.86 bits per heavy atom. The number of halogens is 1. The molecule has 238 valence electrons. The SMILES string of the molecule is C=CCN(Cn1nnc2ccccc21)C(=O)C1N(CCCCCCO)C(=O)[C@@H]2[C@H](C(=O)N(CC=C)CCC)[C@H]3SC12CC3Br. The number of nitrogens with zero attached hydrogens (tertiary/aromatic N) is 6. The second kappa shape index (κ2) is 14.2. The van der Waals surface area contributed by atoms with Gasteiger partial charge in [-0.3, -0.25) is 14.4 Å². The molecule has 12 heteroatoms. The predicted molar refractivity (Wildman–Crippen MR) is 176 cm³/mol. The Morgan fingerprint density at radius 3 is 2.59 bits per heavy atom. The molecule has 3 unspecified atom stereocenters. The third-order valence-electron chi connectivity index (χ3n) is 9.16. The first kappa shape index (κ1) is 32.7. The van der Waals surface area contributed by atoms with Crippen LogP contribution in [0.1, 0.15) is 45.4 Å². The van der Waals surface area contributed by atoms with Gasteiger partial charge < -0.3 is 19.8 Å². The number of alkyl halides is 1. The molecule has 5 rings (SSSR count). The summed E-state index contributed by atoms with van der Waals surface area (Å²) in [5.74, 6) is -1.38. The number of aliphatic hydroxyl groups is 1. The molecule has 6 atom stereocenters. The summed E-state index contributed by atoms with van der Waals surface area (Å²) in [7, 11) is 0. The van der Waals surface area contributed by atoms with Crippen molar-refractivity contribution in [2.45, 2.75) is 73.0 Å². The van der Waals surface area contributed by atoms with Crippen LogP contribution in [0.2, 0.25) is 0 Å². The van der Waals surface area contributed by atoms with Crippen LogP contribution in [0, 0.1) is 11.8 Å². The van der Waals surface area contributed by atoms with Crippen LogP contribution in [0.3, 0.4) is 0 Å². The van der Waals surface area contributed by atoms with Crippen molar-refractivity contribution in [2.24, 2.45) is 11.8 Å². The maximum absolute atomic E-state index is 14.8. The van der Waals surface area contributed by atoms with Crippen molar-refractivity contribution in [1.29, 1.82) is 0 Å². The van der Waals surface area contributed by atoms with Gasteiger partial charge in [0.25, 0.3) is 0 Å². The molecule has 10 nitrogen and oxygen atoms in total. The Morgan fingerprint density at radius 1 is 1.14 bits per heavy atom. The molecule has 0 aliphatic carbocycles. The van der Waals surface area contributed by atoms with Crippen molar-refractivity contribution in [3.8, 4) is 0 Å². The van der Waals surface area contributed by atoms with E-state index in [1.54, 1.807) is 38.4 Å². The minimum absolute atomic E-state index is 0.00428. The maximum atomic E-state index is 14.8. The van der Waals surface area contributed by atoms with Crippen molar-refractivity contribution in [3.63, 3.8) is 0 Å². The van der Waals surface area contributed by atoms with Crippen molar-refractivity contribution >= 4 is 56.4 Å². The van der Waals surface area contributed by atoms with Crippen molar-refractivity contribution in [3.05, 3.63) is 49.6 Å². The first-order valence-electron chi connectivity index (χ1n) is 15.6. The molecule has 3 amide bonds. The van der Waals surface area contributed by atoms with Crippen LogP contribution in [-0.4, -0.2) is 106 Å². The molecular formula is C32H43BrN6O4S. The van der Waals surface area contributed by atoms with Gasteiger partial charge in [0.15, 0.2) is 0 Å². The average Bonchev–Trinajstić information content (AvgIpc) is 3.73. The highest BCUT2D eigenvalue weighted by Crippen LogP contribution is 2.68. The lowest BCUT2D eigenvalue weighted by Crippen LogP contribution is -2.56. The summed E-state index contributed by atoms with van der Waals surface area (Å²) in [6, 6.07) is 6.89. The van der Waals surface area contributed by atoms with E-state index in [1.165, 1.54) is 0 Å². The predicted octanol–water partition coefficient (Wildman–Crippen LogP) is 3.85. The number of aromatic nitrogens is 3. The highest BCUT2D eigenvalue weighted by Gasteiger charge is 2.76. The average molecular weight is 688 g/mol. The quantitative estimate of drug-likeness (QED) is 0.162. The van der Waals surface area contributed by atoms with Crippen LogP contribution in [0.15, 0.2) is 49.6 Å². The fourth-order valence-corrected chi connectivity index (χ4v) is 10.9. The standard InChI is InChI=1S/C32H43BrN6O4S/c1-4-15-36(16-5-2)29(41)25-26-30(42)38(18-11-7-8-12-19-40)28(32(26)20-22(33)27(25)44-32)31(43)37(17-6-3)21-39-24-14-10-9-13-23(24)34-35-39/h4,6,9-10,13-14,22,25-28,40H,1,3,5,7-8,11-12,15-21H2,2H3/t22?,25-,26-,27-,28?,32?/m0/s1. The van der Waals surface area contributed by atoms with Gasteiger partial charge in [-0.2, -0.15) is 0 Å². The summed E-state index contributed by atoms with van der Waals surface area (Å²) >= 11 is 5.54. The van der Waals surface area contributed by atoms with Crippen molar-refractivity contribution < 1.29 is 19.5 Å². The van der Waals surface area contributed by atoms with E-state index in [1.807, 2.05) is 36.1 Å². The van der Waals surface area contributed by atoms with Crippen LogP contribution in [-0.2, 0) is 21.1 Å². The zero-order chi connectivity index (χ0) is 31.4. The summed E-state index contributed by atoms with van der Waals surface area (Å²) < 4.78 is 0.979. The highest BCUT2D eigenvalue weighted by molar-refractivity contribution is 9.09. The number of hydrogen-bond donors (Lipinski definition) is 1. The molecule has 2 bridgehead atoms. The summed E-state index contributed by atoms with van der Waals surface area (Å²) in [5, 5.41) is 17.7. The smallest absolute Gasteiger partial charge is 0.248 e. The van der Waals surface area contributed by atoms with Crippen LogP contribution in [0.5, 0.6) is 0 Å². The molecule has 2 aromatic rings. The van der Waals surface area contributed by atoms with Gasteiger partial charge in [0, 0.05) is 42.9 Å². The van der Waals surface area contributed by atoms with E-state index in [4.69, 9.17) is 0 Å². The molecule has 3 aliphatic rings. The van der Waals surface area contributed by atoms with E-state index in [2.05, 4.69) is 39.4 Å². The lowest BCUT2D eigenvalue weighted by atomic mass is 9.70. The van der Waals surface area contributed by atoms with E-state index < -0.39 is 22.6 Å². The summed E-state index contributed by atoms with van der Waals surface area (Å²) in [6.07, 6.45) is 7.98. The van der Waals surface area contributed by atoms with Crippen molar-refractivity contribution in [1.82, 2.24) is 29.7 Å². The Labute approximate surface area is 272 Å². The Hall–Kier alpha value is -2.70. The van der Waals surface area contributed by atoms with Crippen LogP contribution < -0.4 is 0 Å². The van der Waals surface area contributed by atoms with Gasteiger partial charge in [-0.25, -0.2) is 4.68 Å². The lowest BCUT2D eigenvalue weighted by Gasteiger charge is -2.38. The number of para-hydroxylation sites is 1. The first-order valence-corrected chi connectivity index (χ1v) is 17.4. The van der Waals surface area contributed by atoms with Gasteiger partial charge in [-0.15, -0.1) is 30.0 Å². The zero-order valence-electron chi connectivity index (χ0n) is 25.4. The van der Waals surface area contributed by atoms with Crippen LogP contribution in [0.25, 0.3) is 11.0 Å². The minimum atomic E-state index is -0.728. The maximum Gasteiger partial charge on any atom is 0.248 e. The number of amides is 3. The number of carbonyl (C=O) groups excluding carboxylic acids is 3. The molecule has 0 radical (unpaired) electrons. The van der Waals surface area contributed by atoms with E-state index in [0.29, 0.717) is 32.5 Å². The normalized spacial score (nSPS) is 27.1. The minimum Gasteiger partial charge on any atom is -0.396 e. The molecule has 1 spiro atoms. The Kier molecular flexibility index (Phi) is 10.5. The number of fused-ring (bicyclic) bond motifs is 2. The summed E-state index contributed by atoms with van der Waals surface area (Å²) in [4.78, 5) is 48.7. The highest BCUT2D eigenvalue weighted by atomic mass is 79.9. The molecule has 3 fully saturated rings. The van der Waals surface area contributed by atoms with E-state index in [-0.39, 0.29) is 47.6 Å². The van der Waals surface area contributed by atoms with Crippen molar-refractivity contribution in [2.75, 3.05) is 32.8 Å². The van der Waals surface area contributed by atoms with Gasteiger partial charge in [-0.05, 0) is 37.8 Å². The second-order valence-corrected chi connectivity index (χ2v) is 14.7. The van der Waals surface area contributed by atoms with Gasteiger partial charge in [-0.1, -0.05) is 65.2 Å². The Bertz CT molecular complexity index is 1390. The van der Waals surface area contributed by atoms with Gasteiger partial charge in [0.05, 0.1) is 22.1 Å². The third-order valence-corrected chi connectivity index (χ3v) is 12.4. The molecule has 1 aromatic carbocycles. The second-order valence-electron chi connectivity index (χ2n) is 12.0. The van der Waals surface area contributed by atoms with Gasteiger partial charge in [0.2, 0.25) is 17.7 Å². The molecular weight excluding hydrogens is 644 g/mol. The van der Waals surface area contributed by atoms with Gasteiger partial charge >= 0.3 is 0 Å². The van der Waals surface area contributed by atoms with E-state index in [0.717, 1.165) is 36.7 Å². The lowest BCUT2D eigenvalue weighted by molar-refractivity contribution is -0.145. The van der Waals surface area contributed by atoms with E-state index >= 15 is 0 Å². The Balaban J connectivity index is 1.51. The zero-order valence-corrected chi connectivity index (χ0v) is 27.8. The fraction of sp³-hybridized carbons (Fsp3) is 0.594. The number of thioether (sulfide) groups is 1. The largest absolute Gasteiger partial charge is 0.396 e. The molecule has 1 aromatic heterocycles. The van der Waals surface area contributed by atoms with E-state index in [9.17, 15) is 19.5 Å². The third kappa shape index (κ3) is 5.85. The number of hydrogen-bond acceptors (Lipinski definition) is 7. The van der Waals surface area contributed by atoms with Crippen LogP contribution >= 0.6 is 27.7 Å². The fourth-order valence-electron chi connectivity index (χ4n) is 7.34. The monoisotopic (exact) mass is 686 g/mol. The number of benzene rings is 1. The van der Waals surface area contributed by atoms with Gasteiger partial charge in [0.1, 0.15) is 18.2 Å². The molecule has 3 aliphatic heterocycles. The molecule has 4 heterocycles. The summed E-state index contributed by atoms with van der Waals surface area (Å²) in [5.41, 5.74) is 1.55. The molecule has 0 saturated carbocycles. The molecule has 3 saturated heterocycles. The van der Waals surface area contributed by atoms with Crippen LogP contribution in [0.4, 0.5) is 0 Å². The topological polar surface area (TPSA) is 112 Å². The summed E-state index contributed by atoms with van der Waals surface area (Å²) in [6.45, 7) is 11.8. The number of aliphatic hydroxyl groups excluding tert-OH is 1. The first-order chi connectivity index (χ1) is 21.3.